The van der Waals surface area contributed by atoms with Crippen molar-refractivity contribution in [1.29, 1.82) is 0 Å². The lowest BCUT2D eigenvalue weighted by molar-refractivity contribution is 0.0534. The van der Waals surface area contributed by atoms with Gasteiger partial charge in [0.15, 0.2) is 17.3 Å². The highest BCUT2D eigenvalue weighted by atomic mass is 19.1. The normalized spacial score (nSPS) is 15.1. The van der Waals surface area contributed by atoms with E-state index in [-0.39, 0.29) is 17.5 Å². The van der Waals surface area contributed by atoms with E-state index in [4.69, 9.17) is 9.26 Å². The average molecular weight is 426 g/mol. The Bertz CT molecular complexity index is 860. The number of pyridine rings is 1. The number of carbonyl (C=O) groups excluding carboxylic acids is 1. The molecule has 1 atom stereocenters. The SMILES string of the molecule is Cc1nc(CC(C)NC(=O)c2ncc(C3CC3)cc2OCC(CF)(CF)CF)no1. The maximum absolute atomic E-state index is 13.2. The summed E-state index contributed by atoms with van der Waals surface area (Å²) in [6.07, 6.45) is 3.93. The molecular formula is C20H25F3N4O3. The van der Waals surface area contributed by atoms with Crippen molar-refractivity contribution in [3.05, 3.63) is 35.2 Å². The molecule has 0 bridgehead atoms. The summed E-state index contributed by atoms with van der Waals surface area (Å²) in [5, 5.41) is 6.56. The molecule has 0 radical (unpaired) electrons. The van der Waals surface area contributed by atoms with Crippen LogP contribution in [0.1, 0.15) is 53.5 Å². The molecule has 1 N–H and O–H groups in total. The largest absolute Gasteiger partial charge is 0.490 e. The number of nitrogens with zero attached hydrogens (tertiary/aromatic N) is 3. The van der Waals surface area contributed by atoms with Gasteiger partial charge in [-0.25, -0.2) is 4.98 Å². The van der Waals surface area contributed by atoms with E-state index < -0.39 is 38.0 Å². The molecule has 3 rings (SSSR count). The van der Waals surface area contributed by atoms with E-state index in [1.165, 1.54) is 0 Å². The number of ether oxygens (including phenoxy) is 1. The van der Waals surface area contributed by atoms with E-state index in [1.54, 1.807) is 26.1 Å². The molecule has 7 nitrogen and oxygen atoms in total. The fourth-order valence-corrected chi connectivity index (χ4v) is 2.88. The summed E-state index contributed by atoms with van der Waals surface area (Å²) in [6.45, 7) is -0.733. The van der Waals surface area contributed by atoms with Crippen molar-refractivity contribution in [3.8, 4) is 5.75 Å². The highest BCUT2D eigenvalue weighted by Crippen LogP contribution is 2.41. The molecule has 1 aliphatic rings. The molecule has 0 aromatic carbocycles. The van der Waals surface area contributed by atoms with Crippen LogP contribution in [0.3, 0.4) is 0 Å². The lowest BCUT2D eigenvalue weighted by atomic mass is 9.94. The van der Waals surface area contributed by atoms with Gasteiger partial charge in [0.05, 0.1) is 5.41 Å². The van der Waals surface area contributed by atoms with Gasteiger partial charge in [-0.3, -0.25) is 18.0 Å². The second-order valence-corrected chi connectivity index (χ2v) is 7.89. The first-order valence-corrected chi connectivity index (χ1v) is 9.80. The molecule has 164 valence electrons. The van der Waals surface area contributed by atoms with Crippen molar-refractivity contribution in [3.63, 3.8) is 0 Å². The van der Waals surface area contributed by atoms with Crippen LogP contribution in [0.2, 0.25) is 0 Å². The Kier molecular flexibility index (Phi) is 6.94. The molecule has 2 aromatic rings. The molecule has 1 unspecified atom stereocenters. The Morgan fingerprint density at radius 1 is 1.33 bits per heavy atom. The summed E-state index contributed by atoms with van der Waals surface area (Å²) in [6, 6.07) is 1.31. The van der Waals surface area contributed by atoms with Crippen molar-refractivity contribution >= 4 is 5.91 Å². The van der Waals surface area contributed by atoms with Gasteiger partial charge in [0, 0.05) is 25.6 Å². The number of hydrogen-bond donors (Lipinski definition) is 1. The van der Waals surface area contributed by atoms with Crippen LogP contribution < -0.4 is 10.1 Å². The van der Waals surface area contributed by atoms with Gasteiger partial charge in [-0.05, 0) is 37.3 Å². The Hall–Kier alpha value is -2.65. The number of hydrogen-bond acceptors (Lipinski definition) is 6. The molecule has 30 heavy (non-hydrogen) atoms. The number of amides is 1. The molecule has 0 aliphatic heterocycles. The van der Waals surface area contributed by atoms with Gasteiger partial charge in [0.25, 0.3) is 5.91 Å². The van der Waals surface area contributed by atoms with Crippen LogP contribution >= 0.6 is 0 Å². The fraction of sp³-hybridized carbons (Fsp3) is 0.600. The second kappa shape index (κ2) is 9.44. The van der Waals surface area contributed by atoms with Gasteiger partial charge in [-0.15, -0.1) is 0 Å². The zero-order chi connectivity index (χ0) is 21.7. The quantitative estimate of drug-likeness (QED) is 0.593. The first-order valence-electron chi connectivity index (χ1n) is 9.80. The third kappa shape index (κ3) is 5.28. The molecule has 1 aliphatic carbocycles. The Labute approximate surface area is 172 Å². The minimum Gasteiger partial charge on any atom is -0.490 e. The summed E-state index contributed by atoms with van der Waals surface area (Å²) >= 11 is 0. The standard InChI is InChI=1S/C20H25F3N4O3/c1-12(5-17-26-13(2)30-27-17)25-19(28)18-16(6-15(7-24-18)14-3-4-14)29-11-20(8-21,9-22)10-23/h6-7,12,14H,3-5,8-11H2,1-2H3,(H,25,28). The van der Waals surface area contributed by atoms with Gasteiger partial charge >= 0.3 is 0 Å². The number of aryl methyl sites for hydroxylation is 1. The third-order valence-corrected chi connectivity index (χ3v) is 4.96. The van der Waals surface area contributed by atoms with E-state index in [2.05, 4.69) is 20.4 Å². The Balaban J connectivity index is 1.74. The van der Waals surface area contributed by atoms with Gasteiger partial charge in [0.1, 0.15) is 26.6 Å². The molecule has 1 saturated carbocycles. The van der Waals surface area contributed by atoms with Crippen LogP contribution in [-0.4, -0.2) is 53.7 Å². The lowest BCUT2D eigenvalue weighted by Gasteiger charge is -2.25. The summed E-state index contributed by atoms with van der Waals surface area (Å²) in [5.74, 6) is 0.761. The number of rotatable bonds is 11. The second-order valence-electron chi connectivity index (χ2n) is 7.89. The average Bonchev–Trinajstić information content (AvgIpc) is 3.51. The third-order valence-electron chi connectivity index (χ3n) is 4.96. The van der Waals surface area contributed by atoms with Gasteiger partial charge in [-0.1, -0.05) is 5.16 Å². The molecule has 0 saturated heterocycles. The Morgan fingerprint density at radius 3 is 2.60 bits per heavy atom. The van der Waals surface area contributed by atoms with E-state index >= 15 is 0 Å². The number of carbonyl (C=O) groups is 1. The first kappa shape index (κ1) is 22.0. The topological polar surface area (TPSA) is 90.1 Å². The predicted molar refractivity (Wildman–Crippen MR) is 102 cm³/mol. The van der Waals surface area contributed by atoms with E-state index in [0.29, 0.717) is 24.1 Å². The summed E-state index contributed by atoms with van der Waals surface area (Å²) in [7, 11) is 0. The summed E-state index contributed by atoms with van der Waals surface area (Å²) in [5.41, 5.74) is -1.03. The van der Waals surface area contributed by atoms with Crippen LogP contribution in [-0.2, 0) is 6.42 Å². The van der Waals surface area contributed by atoms with Crippen LogP contribution in [0, 0.1) is 12.3 Å². The van der Waals surface area contributed by atoms with Crippen LogP contribution in [0.15, 0.2) is 16.8 Å². The zero-order valence-corrected chi connectivity index (χ0v) is 17.0. The van der Waals surface area contributed by atoms with Crippen molar-refractivity contribution in [2.75, 3.05) is 26.6 Å². The number of nitrogens with one attached hydrogen (secondary N) is 1. The molecular weight excluding hydrogens is 401 g/mol. The van der Waals surface area contributed by atoms with Crippen LogP contribution in [0.25, 0.3) is 0 Å². The summed E-state index contributed by atoms with van der Waals surface area (Å²) < 4.78 is 50.0. The molecule has 1 amide bonds. The fourth-order valence-electron chi connectivity index (χ4n) is 2.88. The highest BCUT2D eigenvalue weighted by Gasteiger charge is 2.33. The molecule has 10 heteroatoms. The van der Waals surface area contributed by atoms with Crippen molar-refractivity contribution in [1.82, 2.24) is 20.4 Å². The number of halogens is 3. The van der Waals surface area contributed by atoms with Crippen molar-refractivity contribution in [2.45, 2.75) is 45.1 Å². The molecule has 2 heterocycles. The zero-order valence-electron chi connectivity index (χ0n) is 17.0. The highest BCUT2D eigenvalue weighted by molar-refractivity contribution is 5.95. The predicted octanol–water partition coefficient (Wildman–Crippen LogP) is 3.29. The molecule has 0 spiro atoms. The molecule has 2 aromatic heterocycles. The van der Waals surface area contributed by atoms with Crippen LogP contribution in [0.4, 0.5) is 13.2 Å². The lowest BCUT2D eigenvalue weighted by Crippen LogP contribution is -2.37. The molecule has 1 fully saturated rings. The maximum Gasteiger partial charge on any atom is 0.273 e. The van der Waals surface area contributed by atoms with Crippen molar-refractivity contribution < 1.29 is 27.2 Å². The van der Waals surface area contributed by atoms with Gasteiger partial charge in [0.2, 0.25) is 5.89 Å². The first-order chi connectivity index (χ1) is 14.4. The van der Waals surface area contributed by atoms with Gasteiger partial charge in [-0.2, -0.15) is 4.98 Å². The Morgan fingerprint density at radius 2 is 2.03 bits per heavy atom. The monoisotopic (exact) mass is 426 g/mol. The van der Waals surface area contributed by atoms with E-state index in [0.717, 1.165) is 18.4 Å². The summed E-state index contributed by atoms with van der Waals surface area (Å²) in [4.78, 5) is 21.1. The van der Waals surface area contributed by atoms with E-state index in [9.17, 15) is 18.0 Å². The van der Waals surface area contributed by atoms with Crippen LogP contribution in [0.5, 0.6) is 5.75 Å². The smallest absolute Gasteiger partial charge is 0.273 e. The number of alkyl halides is 3. The van der Waals surface area contributed by atoms with E-state index in [1.807, 2.05) is 0 Å². The van der Waals surface area contributed by atoms with Gasteiger partial charge < -0.3 is 14.6 Å². The minimum atomic E-state index is -1.88. The maximum atomic E-state index is 13.2. The van der Waals surface area contributed by atoms with Crippen molar-refractivity contribution in [2.24, 2.45) is 5.41 Å². The number of aromatic nitrogens is 3. The minimum absolute atomic E-state index is 0.0268.